The molecule has 7 heteroatoms. The number of nitro benzene ring substituents is 1. The van der Waals surface area contributed by atoms with Gasteiger partial charge in [-0.3, -0.25) is 14.9 Å². The van der Waals surface area contributed by atoms with Crippen molar-refractivity contribution in [3.05, 3.63) is 49.8 Å². The number of halogens is 1. The molecule has 6 nitrogen and oxygen atoms in total. The zero-order chi connectivity index (χ0) is 12.4. The number of rotatable bonds is 3. The van der Waals surface area contributed by atoms with Crippen molar-refractivity contribution in [1.29, 1.82) is 0 Å². The van der Waals surface area contributed by atoms with Crippen LogP contribution in [0.15, 0.2) is 30.6 Å². The molecule has 0 aliphatic carbocycles. The quantitative estimate of drug-likeness (QED) is 0.370. The second-order valence-corrected chi connectivity index (χ2v) is 4.47. The molecule has 0 aliphatic heterocycles. The minimum Gasteiger partial charge on any atom is -0.298 e. The normalized spacial score (nSPS) is 10.2. The summed E-state index contributed by atoms with van der Waals surface area (Å²) in [6.07, 6.45) is 3.95. The first-order valence-corrected chi connectivity index (χ1v) is 5.64. The highest BCUT2D eigenvalue weighted by atomic mass is 127. The summed E-state index contributed by atoms with van der Waals surface area (Å²) in [6.45, 7) is 0. The Bertz CT molecular complexity index is 594. The number of aldehydes is 1. The number of nitro groups is 1. The average Bonchev–Trinajstić information content (AvgIpc) is 2.74. The monoisotopic (exact) mass is 343 g/mol. The summed E-state index contributed by atoms with van der Waals surface area (Å²) in [5.41, 5.74) is 0.643. The molecule has 1 heterocycles. The Balaban J connectivity index is 2.55. The molecule has 0 unspecified atom stereocenters. The average molecular weight is 343 g/mol. The molecule has 86 valence electrons. The molecule has 2 rings (SSSR count). The van der Waals surface area contributed by atoms with Crippen LogP contribution in [0, 0.1) is 13.7 Å². The van der Waals surface area contributed by atoms with Gasteiger partial charge in [0.2, 0.25) is 0 Å². The third-order valence-corrected chi connectivity index (χ3v) is 2.70. The number of carbonyl (C=O) groups is 1. The SMILES string of the molecule is O=Cc1cc([N+](=O)[O-])ccc1-n1cc(I)cn1. The Morgan fingerprint density at radius 2 is 2.24 bits per heavy atom. The molecule has 0 saturated heterocycles. The third kappa shape index (κ3) is 2.33. The largest absolute Gasteiger partial charge is 0.298 e. The molecule has 2 aromatic rings. The number of nitrogens with zero attached hydrogens (tertiary/aromatic N) is 3. The van der Waals surface area contributed by atoms with Crippen LogP contribution >= 0.6 is 22.6 Å². The Morgan fingerprint density at radius 1 is 1.47 bits per heavy atom. The molecule has 0 atom stereocenters. The predicted octanol–water partition coefficient (Wildman–Crippen LogP) is 2.20. The lowest BCUT2D eigenvalue weighted by Crippen LogP contribution is -2.00. The highest BCUT2D eigenvalue weighted by Crippen LogP contribution is 2.20. The summed E-state index contributed by atoms with van der Waals surface area (Å²) < 4.78 is 2.42. The first kappa shape index (κ1) is 11.7. The van der Waals surface area contributed by atoms with Gasteiger partial charge < -0.3 is 0 Å². The Labute approximate surface area is 110 Å². The summed E-state index contributed by atoms with van der Waals surface area (Å²) in [5, 5.41) is 14.6. The maximum atomic E-state index is 10.9. The minimum atomic E-state index is -0.538. The molecule has 0 amide bonds. The van der Waals surface area contributed by atoms with Crippen LogP contribution < -0.4 is 0 Å². The van der Waals surface area contributed by atoms with Crippen LogP contribution in [0.1, 0.15) is 10.4 Å². The van der Waals surface area contributed by atoms with Crippen molar-refractivity contribution in [2.75, 3.05) is 0 Å². The van der Waals surface area contributed by atoms with E-state index in [4.69, 9.17) is 0 Å². The number of benzene rings is 1. The van der Waals surface area contributed by atoms with Gasteiger partial charge in [0.15, 0.2) is 6.29 Å². The van der Waals surface area contributed by atoms with Gasteiger partial charge in [-0.2, -0.15) is 5.10 Å². The van der Waals surface area contributed by atoms with Gasteiger partial charge in [0.05, 0.1) is 20.4 Å². The molecule has 0 fully saturated rings. The summed E-state index contributed by atoms with van der Waals surface area (Å²) in [4.78, 5) is 21.0. The van der Waals surface area contributed by atoms with Crippen molar-refractivity contribution in [3.63, 3.8) is 0 Å². The van der Waals surface area contributed by atoms with Gasteiger partial charge in [-0.1, -0.05) is 0 Å². The fraction of sp³-hybridized carbons (Fsp3) is 0. The maximum absolute atomic E-state index is 10.9. The molecule has 0 radical (unpaired) electrons. The van der Waals surface area contributed by atoms with Gasteiger partial charge in [-0.05, 0) is 28.7 Å². The van der Waals surface area contributed by atoms with Crippen molar-refractivity contribution in [3.8, 4) is 5.69 Å². The second kappa shape index (κ2) is 4.62. The molecular weight excluding hydrogens is 337 g/mol. The van der Waals surface area contributed by atoms with Gasteiger partial charge in [-0.15, -0.1) is 0 Å². The highest BCUT2D eigenvalue weighted by Gasteiger charge is 2.12. The number of carbonyl (C=O) groups excluding carboxylic acids is 1. The van der Waals surface area contributed by atoms with E-state index in [1.807, 2.05) is 0 Å². The number of aromatic nitrogens is 2. The molecule has 0 spiro atoms. The standard InChI is InChI=1S/C10H6IN3O3/c11-8-4-12-13(5-8)10-2-1-9(14(16)17)3-7(10)6-15/h1-6H. The third-order valence-electron chi connectivity index (χ3n) is 2.15. The Hall–Kier alpha value is -1.77. The minimum absolute atomic E-state index is 0.113. The van der Waals surface area contributed by atoms with Gasteiger partial charge in [0, 0.05) is 23.9 Å². The van der Waals surface area contributed by atoms with Crippen molar-refractivity contribution in [2.24, 2.45) is 0 Å². The van der Waals surface area contributed by atoms with Crippen LogP contribution in [0.3, 0.4) is 0 Å². The van der Waals surface area contributed by atoms with Crippen molar-refractivity contribution in [1.82, 2.24) is 9.78 Å². The Kier molecular flexibility index (Phi) is 3.18. The zero-order valence-electron chi connectivity index (χ0n) is 8.41. The number of hydrogen-bond acceptors (Lipinski definition) is 4. The van der Waals surface area contributed by atoms with E-state index in [1.165, 1.54) is 22.9 Å². The van der Waals surface area contributed by atoms with E-state index in [1.54, 1.807) is 12.4 Å². The molecule has 1 aromatic carbocycles. The molecule has 1 aromatic heterocycles. The first-order chi connectivity index (χ1) is 8.11. The van der Waals surface area contributed by atoms with E-state index in [2.05, 4.69) is 27.7 Å². The van der Waals surface area contributed by atoms with E-state index >= 15 is 0 Å². The summed E-state index contributed by atoms with van der Waals surface area (Å²) in [6, 6.07) is 4.08. The van der Waals surface area contributed by atoms with Crippen LogP contribution in [-0.2, 0) is 0 Å². The van der Waals surface area contributed by atoms with Gasteiger partial charge in [0.25, 0.3) is 5.69 Å². The van der Waals surface area contributed by atoms with Crippen LogP contribution in [0.25, 0.3) is 5.69 Å². The molecule has 0 aliphatic rings. The maximum Gasteiger partial charge on any atom is 0.270 e. The van der Waals surface area contributed by atoms with E-state index in [9.17, 15) is 14.9 Å². The second-order valence-electron chi connectivity index (χ2n) is 3.22. The van der Waals surface area contributed by atoms with Crippen LogP contribution in [-0.4, -0.2) is 21.0 Å². The van der Waals surface area contributed by atoms with E-state index in [0.717, 1.165) is 3.57 Å². The van der Waals surface area contributed by atoms with Crippen molar-refractivity contribution >= 4 is 34.6 Å². The van der Waals surface area contributed by atoms with E-state index in [-0.39, 0.29) is 11.3 Å². The van der Waals surface area contributed by atoms with Gasteiger partial charge in [-0.25, -0.2) is 4.68 Å². The molecule has 0 bridgehead atoms. The Morgan fingerprint density at radius 3 is 2.76 bits per heavy atom. The zero-order valence-corrected chi connectivity index (χ0v) is 10.6. The van der Waals surface area contributed by atoms with Crippen LogP contribution in [0.2, 0.25) is 0 Å². The van der Waals surface area contributed by atoms with E-state index in [0.29, 0.717) is 12.0 Å². The summed E-state index contributed by atoms with van der Waals surface area (Å²) in [5.74, 6) is 0. The molecule has 0 N–H and O–H groups in total. The highest BCUT2D eigenvalue weighted by molar-refractivity contribution is 14.1. The van der Waals surface area contributed by atoms with Crippen molar-refractivity contribution in [2.45, 2.75) is 0 Å². The van der Waals surface area contributed by atoms with Gasteiger partial charge in [0.1, 0.15) is 0 Å². The lowest BCUT2D eigenvalue weighted by atomic mass is 10.2. The van der Waals surface area contributed by atoms with Crippen molar-refractivity contribution < 1.29 is 9.72 Å². The fourth-order valence-corrected chi connectivity index (χ4v) is 1.78. The van der Waals surface area contributed by atoms with Crippen LogP contribution in [0.4, 0.5) is 5.69 Å². The summed E-state index contributed by atoms with van der Waals surface area (Å²) >= 11 is 2.09. The lowest BCUT2D eigenvalue weighted by molar-refractivity contribution is -0.384. The number of non-ortho nitro benzene ring substituents is 1. The fourth-order valence-electron chi connectivity index (χ4n) is 1.39. The molecule has 17 heavy (non-hydrogen) atoms. The summed E-state index contributed by atoms with van der Waals surface area (Å²) in [7, 11) is 0. The first-order valence-electron chi connectivity index (χ1n) is 4.56. The predicted molar refractivity (Wildman–Crippen MR) is 68.3 cm³/mol. The lowest BCUT2D eigenvalue weighted by Gasteiger charge is -2.03. The number of hydrogen-bond donors (Lipinski definition) is 0. The van der Waals surface area contributed by atoms with Crippen LogP contribution in [0.5, 0.6) is 0 Å². The topological polar surface area (TPSA) is 78.0 Å². The molecule has 0 saturated carbocycles. The van der Waals surface area contributed by atoms with E-state index < -0.39 is 4.92 Å². The van der Waals surface area contributed by atoms with Gasteiger partial charge >= 0.3 is 0 Å². The smallest absolute Gasteiger partial charge is 0.270 e. The molecular formula is C10H6IN3O3.